The van der Waals surface area contributed by atoms with Gasteiger partial charge in [-0.1, -0.05) is 36.4 Å². The predicted molar refractivity (Wildman–Crippen MR) is 50.3 cm³/mol. The molecule has 2 aromatic rings. The summed E-state index contributed by atoms with van der Waals surface area (Å²) in [5.74, 6) is 0. The summed E-state index contributed by atoms with van der Waals surface area (Å²) in [6.07, 6.45) is 0. The second kappa shape index (κ2) is 3.23. The first-order chi connectivity index (χ1) is 6.42. The van der Waals surface area contributed by atoms with Crippen LogP contribution >= 0.6 is 0 Å². The van der Waals surface area contributed by atoms with Gasteiger partial charge in [0.2, 0.25) is 0 Å². The van der Waals surface area contributed by atoms with E-state index >= 15 is 0 Å². The van der Waals surface area contributed by atoms with E-state index in [2.05, 4.69) is 10.4 Å². The average molecular weight is 172 g/mol. The van der Waals surface area contributed by atoms with Gasteiger partial charge in [0.15, 0.2) is 0 Å². The van der Waals surface area contributed by atoms with Crippen LogP contribution in [0.2, 0.25) is 0 Å². The molecule has 2 rings (SSSR count). The molecule has 0 spiro atoms. The molecule has 2 aromatic carbocycles. The number of rotatable bonds is 1. The molecule has 0 amide bonds. The number of hydrogen-bond donors (Lipinski definition) is 1. The summed E-state index contributed by atoms with van der Waals surface area (Å²) in [5, 5.41) is 16.8. The van der Waals surface area contributed by atoms with Crippen molar-refractivity contribution in [2.24, 2.45) is 10.4 Å². The van der Waals surface area contributed by atoms with Crippen molar-refractivity contribution in [3.8, 4) is 0 Å². The standard InChI is InChI=1S/C10H8N2O/c13-12-11-10-7-3-5-8-4-1-2-6-9(8)10/h1-7H,(H,11,13). The van der Waals surface area contributed by atoms with Gasteiger partial charge in [-0.25, -0.2) is 0 Å². The highest BCUT2D eigenvalue weighted by atomic mass is 16.5. The molecule has 0 aromatic heterocycles. The summed E-state index contributed by atoms with van der Waals surface area (Å²) in [4.78, 5) is 0. The molecule has 0 aliphatic carbocycles. The third-order valence-corrected chi connectivity index (χ3v) is 1.92. The van der Waals surface area contributed by atoms with E-state index in [1.54, 1.807) is 0 Å². The van der Waals surface area contributed by atoms with E-state index in [-0.39, 0.29) is 0 Å². The van der Waals surface area contributed by atoms with Crippen LogP contribution in [0, 0.1) is 0 Å². The second-order valence-corrected chi connectivity index (χ2v) is 2.69. The number of hydrogen-bond acceptors (Lipinski definition) is 2. The lowest BCUT2D eigenvalue weighted by atomic mass is 10.1. The molecule has 13 heavy (non-hydrogen) atoms. The lowest BCUT2D eigenvalue weighted by molar-refractivity contribution is 0.289. The molecule has 0 heterocycles. The van der Waals surface area contributed by atoms with Crippen LogP contribution in [-0.2, 0) is 0 Å². The van der Waals surface area contributed by atoms with E-state index in [1.807, 2.05) is 42.5 Å². The summed E-state index contributed by atoms with van der Waals surface area (Å²) < 4.78 is 0. The smallest absolute Gasteiger partial charge is 0.0967 e. The quantitative estimate of drug-likeness (QED) is 0.520. The summed E-state index contributed by atoms with van der Waals surface area (Å²) in [7, 11) is 0. The van der Waals surface area contributed by atoms with E-state index < -0.39 is 0 Å². The molecule has 64 valence electrons. The molecule has 3 heteroatoms. The highest BCUT2D eigenvalue weighted by molar-refractivity contribution is 5.92. The maximum Gasteiger partial charge on any atom is 0.0967 e. The van der Waals surface area contributed by atoms with Crippen molar-refractivity contribution in [3.05, 3.63) is 42.5 Å². The second-order valence-electron chi connectivity index (χ2n) is 2.69. The Labute approximate surface area is 75.3 Å². The van der Waals surface area contributed by atoms with Gasteiger partial charge < -0.3 is 5.21 Å². The summed E-state index contributed by atoms with van der Waals surface area (Å²) >= 11 is 0. The van der Waals surface area contributed by atoms with Crippen molar-refractivity contribution >= 4 is 16.5 Å². The lowest BCUT2D eigenvalue weighted by Gasteiger charge is -1.98. The first-order valence-electron chi connectivity index (χ1n) is 3.94. The topological polar surface area (TPSA) is 45.0 Å². The Morgan fingerprint density at radius 3 is 2.54 bits per heavy atom. The SMILES string of the molecule is O/N=N/c1cccc2ccccc12. The van der Waals surface area contributed by atoms with Crippen molar-refractivity contribution in [3.63, 3.8) is 0 Å². The predicted octanol–water partition coefficient (Wildman–Crippen LogP) is 3.31. The summed E-state index contributed by atoms with van der Waals surface area (Å²) in [5.41, 5.74) is 0.681. The highest BCUT2D eigenvalue weighted by Gasteiger charge is 1.97. The zero-order chi connectivity index (χ0) is 9.10. The first kappa shape index (κ1) is 7.73. The van der Waals surface area contributed by atoms with E-state index in [0.29, 0.717) is 5.69 Å². The molecular weight excluding hydrogens is 164 g/mol. The van der Waals surface area contributed by atoms with Gasteiger partial charge in [0.05, 0.1) is 5.69 Å². The van der Waals surface area contributed by atoms with Gasteiger partial charge in [-0.05, 0) is 11.5 Å². The molecule has 0 radical (unpaired) electrons. The van der Waals surface area contributed by atoms with Gasteiger partial charge >= 0.3 is 0 Å². The summed E-state index contributed by atoms with van der Waals surface area (Å²) in [6, 6.07) is 13.5. The third kappa shape index (κ3) is 1.36. The minimum atomic E-state index is 0.681. The average Bonchev–Trinajstić information content (AvgIpc) is 2.19. The Morgan fingerprint density at radius 2 is 1.69 bits per heavy atom. The van der Waals surface area contributed by atoms with Crippen molar-refractivity contribution < 1.29 is 5.21 Å². The molecule has 3 nitrogen and oxygen atoms in total. The fourth-order valence-electron chi connectivity index (χ4n) is 1.34. The van der Waals surface area contributed by atoms with Crippen LogP contribution in [0.25, 0.3) is 10.8 Å². The van der Waals surface area contributed by atoms with Gasteiger partial charge in [0.1, 0.15) is 0 Å². The molecular formula is C10H8N2O. The van der Waals surface area contributed by atoms with Crippen LogP contribution in [0.4, 0.5) is 5.69 Å². The minimum Gasteiger partial charge on any atom is -0.394 e. The zero-order valence-electron chi connectivity index (χ0n) is 6.88. The summed E-state index contributed by atoms with van der Waals surface area (Å²) in [6.45, 7) is 0. The molecule has 0 fully saturated rings. The van der Waals surface area contributed by atoms with Gasteiger partial charge in [-0.3, -0.25) is 0 Å². The Bertz CT molecular complexity index is 446. The largest absolute Gasteiger partial charge is 0.394 e. The Morgan fingerprint density at radius 1 is 0.923 bits per heavy atom. The van der Waals surface area contributed by atoms with Crippen LogP contribution in [-0.4, -0.2) is 5.21 Å². The molecule has 0 saturated heterocycles. The fourth-order valence-corrected chi connectivity index (χ4v) is 1.34. The molecule has 0 saturated carbocycles. The minimum absolute atomic E-state index is 0.681. The van der Waals surface area contributed by atoms with Crippen molar-refractivity contribution in [2.45, 2.75) is 0 Å². The van der Waals surface area contributed by atoms with Crippen LogP contribution in [0.15, 0.2) is 52.9 Å². The van der Waals surface area contributed by atoms with Crippen LogP contribution in [0.3, 0.4) is 0 Å². The Kier molecular flexibility index (Phi) is 1.92. The zero-order valence-corrected chi connectivity index (χ0v) is 6.88. The monoisotopic (exact) mass is 172 g/mol. The van der Waals surface area contributed by atoms with E-state index in [1.165, 1.54) is 0 Å². The normalized spacial score (nSPS) is 11.1. The molecule has 1 N–H and O–H groups in total. The number of nitrogens with zero attached hydrogens (tertiary/aromatic N) is 2. The maximum atomic E-state index is 8.34. The van der Waals surface area contributed by atoms with Crippen molar-refractivity contribution in [2.75, 3.05) is 0 Å². The van der Waals surface area contributed by atoms with E-state index in [0.717, 1.165) is 10.8 Å². The third-order valence-electron chi connectivity index (χ3n) is 1.92. The van der Waals surface area contributed by atoms with E-state index in [4.69, 9.17) is 5.21 Å². The maximum absolute atomic E-state index is 8.34. The van der Waals surface area contributed by atoms with Gasteiger partial charge in [-0.2, -0.15) is 0 Å². The molecule has 0 unspecified atom stereocenters. The molecule has 0 atom stereocenters. The van der Waals surface area contributed by atoms with Gasteiger partial charge in [0, 0.05) is 10.7 Å². The number of fused-ring (bicyclic) bond motifs is 1. The van der Waals surface area contributed by atoms with Crippen molar-refractivity contribution in [1.82, 2.24) is 0 Å². The Balaban J connectivity index is 2.75. The number of benzene rings is 2. The molecule has 0 aliphatic rings. The first-order valence-corrected chi connectivity index (χ1v) is 3.94. The van der Waals surface area contributed by atoms with Gasteiger partial charge in [0.25, 0.3) is 0 Å². The van der Waals surface area contributed by atoms with Crippen LogP contribution in [0.5, 0.6) is 0 Å². The van der Waals surface area contributed by atoms with Crippen molar-refractivity contribution in [1.29, 1.82) is 0 Å². The van der Waals surface area contributed by atoms with E-state index in [9.17, 15) is 0 Å². The highest BCUT2D eigenvalue weighted by Crippen LogP contribution is 2.25. The fraction of sp³-hybridized carbons (Fsp3) is 0. The molecule has 0 aliphatic heterocycles. The van der Waals surface area contributed by atoms with Crippen LogP contribution in [0.1, 0.15) is 0 Å². The van der Waals surface area contributed by atoms with Gasteiger partial charge in [-0.15, -0.1) is 5.11 Å². The molecule has 0 bridgehead atoms. The Hall–Kier alpha value is -1.90. The van der Waals surface area contributed by atoms with Crippen LogP contribution < -0.4 is 0 Å². The lowest BCUT2D eigenvalue weighted by Crippen LogP contribution is -1.71.